The third-order valence-corrected chi connectivity index (χ3v) is 3.45. The maximum Gasteiger partial charge on any atom is 0.390 e. The molecule has 0 heterocycles. The van der Waals surface area contributed by atoms with Gasteiger partial charge >= 0.3 is 12.2 Å². The maximum atomic E-state index is 11.9. The lowest BCUT2D eigenvalue weighted by Crippen LogP contribution is -2.39. The largest absolute Gasteiger partial charge is 0.390 e. The van der Waals surface area contributed by atoms with E-state index in [0.717, 1.165) is 12.8 Å². The predicted molar refractivity (Wildman–Crippen MR) is 69.4 cm³/mol. The molecule has 0 aliphatic heterocycles. The van der Waals surface area contributed by atoms with Crippen LogP contribution in [0.15, 0.2) is 0 Å². The van der Waals surface area contributed by atoms with E-state index in [1.165, 1.54) is 12.8 Å². The van der Waals surface area contributed by atoms with Crippen LogP contribution in [0.3, 0.4) is 0 Å². The fourth-order valence-electron chi connectivity index (χ4n) is 2.28. The van der Waals surface area contributed by atoms with Gasteiger partial charge in [0, 0.05) is 13.1 Å². The Hall–Kier alpha value is -0.980. The van der Waals surface area contributed by atoms with Gasteiger partial charge in [0.25, 0.3) is 0 Å². The molecule has 0 unspecified atom stereocenters. The molecule has 118 valence electrons. The van der Waals surface area contributed by atoms with Gasteiger partial charge in [-0.25, -0.2) is 4.79 Å². The Morgan fingerprint density at radius 3 is 2.50 bits per heavy atom. The van der Waals surface area contributed by atoms with Crippen LogP contribution in [0.1, 0.15) is 39.0 Å². The Bertz CT molecular complexity index is 298. The molecular weight excluding hydrogens is 273 g/mol. The highest BCUT2D eigenvalue weighted by molar-refractivity contribution is 5.73. The molecule has 1 saturated carbocycles. The van der Waals surface area contributed by atoms with E-state index < -0.39 is 25.2 Å². The van der Waals surface area contributed by atoms with Gasteiger partial charge in [0.05, 0.1) is 19.1 Å². The van der Waals surface area contributed by atoms with Gasteiger partial charge in [-0.15, -0.1) is 0 Å². The van der Waals surface area contributed by atoms with Crippen molar-refractivity contribution < 1.29 is 22.7 Å². The standard InChI is InChI=1S/C13H23F3N2O2/c1-10-4-2-3-5-11(10)20-9-8-18-12(19)17-7-6-13(14,15)16/h10-11H,2-9H2,1H3,(H2,17,18,19)/t10-,11+/m0/s1. The van der Waals surface area contributed by atoms with Crippen LogP contribution in [0.5, 0.6) is 0 Å². The minimum absolute atomic E-state index is 0.235. The van der Waals surface area contributed by atoms with Gasteiger partial charge in [-0.1, -0.05) is 19.8 Å². The van der Waals surface area contributed by atoms with E-state index in [-0.39, 0.29) is 6.10 Å². The third-order valence-electron chi connectivity index (χ3n) is 3.45. The average molecular weight is 296 g/mol. The van der Waals surface area contributed by atoms with Crippen LogP contribution in [-0.2, 0) is 4.74 Å². The summed E-state index contributed by atoms with van der Waals surface area (Å²) in [5.41, 5.74) is 0. The second kappa shape index (κ2) is 8.34. The van der Waals surface area contributed by atoms with Crippen LogP contribution in [0.4, 0.5) is 18.0 Å². The van der Waals surface area contributed by atoms with E-state index in [0.29, 0.717) is 19.1 Å². The summed E-state index contributed by atoms with van der Waals surface area (Å²) in [6, 6.07) is -0.588. The van der Waals surface area contributed by atoms with Crippen molar-refractivity contribution in [2.45, 2.75) is 51.3 Å². The Labute approximate surface area is 117 Å². The number of carbonyl (C=O) groups excluding carboxylic acids is 1. The van der Waals surface area contributed by atoms with Gasteiger partial charge in [-0.3, -0.25) is 0 Å². The lowest BCUT2D eigenvalue weighted by atomic mass is 9.88. The average Bonchev–Trinajstić information content (AvgIpc) is 2.35. The monoisotopic (exact) mass is 296 g/mol. The molecule has 0 bridgehead atoms. The number of amides is 2. The molecule has 0 radical (unpaired) electrons. The number of hydrogen-bond donors (Lipinski definition) is 2. The summed E-state index contributed by atoms with van der Waals surface area (Å²) >= 11 is 0. The van der Waals surface area contributed by atoms with Gasteiger partial charge in [0.1, 0.15) is 0 Å². The number of rotatable bonds is 6. The number of nitrogens with one attached hydrogen (secondary N) is 2. The van der Waals surface area contributed by atoms with Crippen LogP contribution < -0.4 is 10.6 Å². The van der Waals surface area contributed by atoms with Gasteiger partial charge in [0.15, 0.2) is 0 Å². The number of carbonyl (C=O) groups is 1. The van der Waals surface area contributed by atoms with Gasteiger partial charge in [-0.2, -0.15) is 13.2 Å². The first kappa shape index (κ1) is 17.1. The molecule has 0 aromatic heterocycles. The van der Waals surface area contributed by atoms with Crippen LogP contribution in [0.25, 0.3) is 0 Å². The first-order chi connectivity index (χ1) is 9.38. The van der Waals surface area contributed by atoms with E-state index in [9.17, 15) is 18.0 Å². The zero-order chi connectivity index (χ0) is 15.0. The smallest absolute Gasteiger partial charge is 0.376 e. The molecule has 1 rings (SSSR count). The number of hydrogen-bond acceptors (Lipinski definition) is 2. The topological polar surface area (TPSA) is 50.4 Å². The highest BCUT2D eigenvalue weighted by Crippen LogP contribution is 2.25. The van der Waals surface area contributed by atoms with Crippen molar-refractivity contribution in [2.24, 2.45) is 5.92 Å². The van der Waals surface area contributed by atoms with E-state index in [1.807, 2.05) is 0 Å². The third kappa shape index (κ3) is 7.57. The van der Waals surface area contributed by atoms with Crippen LogP contribution in [0, 0.1) is 5.92 Å². The lowest BCUT2D eigenvalue weighted by molar-refractivity contribution is -0.132. The molecule has 2 N–H and O–H groups in total. The molecule has 0 aromatic carbocycles. The van der Waals surface area contributed by atoms with Crippen molar-refractivity contribution in [3.63, 3.8) is 0 Å². The fourth-order valence-corrected chi connectivity index (χ4v) is 2.28. The predicted octanol–water partition coefficient (Wildman–Crippen LogP) is 2.83. The molecule has 4 nitrogen and oxygen atoms in total. The van der Waals surface area contributed by atoms with Crippen LogP contribution in [0.2, 0.25) is 0 Å². The van der Waals surface area contributed by atoms with E-state index in [2.05, 4.69) is 17.6 Å². The number of ether oxygens (including phenoxy) is 1. The summed E-state index contributed by atoms with van der Waals surface area (Å²) < 4.78 is 41.3. The molecule has 0 spiro atoms. The molecule has 7 heteroatoms. The summed E-state index contributed by atoms with van der Waals surface area (Å²) in [4.78, 5) is 11.2. The minimum Gasteiger partial charge on any atom is -0.376 e. The molecule has 1 fully saturated rings. The van der Waals surface area contributed by atoms with E-state index in [1.54, 1.807) is 0 Å². The zero-order valence-electron chi connectivity index (χ0n) is 11.8. The molecule has 0 aromatic rings. The molecule has 2 atom stereocenters. The molecule has 1 aliphatic carbocycles. The van der Waals surface area contributed by atoms with Crippen molar-refractivity contribution >= 4 is 6.03 Å². The van der Waals surface area contributed by atoms with Crippen LogP contribution in [-0.4, -0.2) is 38.0 Å². The van der Waals surface area contributed by atoms with Crippen molar-refractivity contribution in [2.75, 3.05) is 19.7 Å². The highest BCUT2D eigenvalue weighted by atomic mass is 19.4. The molecule has 20 heavy (non-hydrogen) atoms. The Kier molecular flexibility index (Phi) is 7.12. The van der Waals surface area contributed by atoms with Gasteiger partial charge < -0.3 is 15.4 Å². The lowest BCUT2D eigenvalue weighted by Gasteiger charge is -2.28. The number of alkyl halides is 3. The molecular formula is C13H23F3N2O2. The number of halogens is 3. The summed E-state index contributed by atoms with van der Waals surface area (Å²) in [5, 5.41) is 4.64. The molecule has 2 amide bonds. The first-order valence-corrected chi connectivity index (χ1v) is 7.08. The quantitative estimate of drug-likeness (QED) is 0.741. The Morgan fingerprint density at radius 1 is 1.20 bits per heavy atom. The van der Waals surface area contributed by atoms with Gasteiger partial charge in [-0.05, 0) is 18.8 Å². The zero-order valence-corrected chi connectivity index (χ0v) is 11.8. The van der Waals surface area contributed by atoms with Crippen molar-refractivity contribution in [3.8, 4) is 0 Å². The van der Waals surface area contributed by atoms with E-state index >= 15 is 0 Å². The molecule has 0 saturated heterocycles. The normalized spacial score (nSPS) is 23.4. The summed E-state index contributed by atoms with van der Waals surface area (Å²) in [7, 11) is 0. The highest BCUT2D eigenvalue weighted by Gasteiger charge is 2.26. The Balaban J connectivity index is 2.01. The maximum absolute atomic E-state index is 11.9. The second-order valence-corrected chi connectivity index (χ2v) is 5.22. The summed E-state index contributed by atoms with van der Waals surface area (Å²) in [6.07, 6.45) is -0.418. The van der Waals surface area contributed by atoms with Crippen molar-refractivity contribution in [3.05, 3.63) is 0 Å². The van der Waals surface area contributed by atoms with Gasteiger partial charge in [0.2, 0.25) is 0 Å². The SMILES string of the molecule is C[C@H]1CCCC[C@H]1OCCNC(=O)NCCC(F)(F)F. The molecule has 1 aliphatic rings. The number of urea groups is 1. The van der Waals surface area contributed by atoms with Crippen molar-refractivity contribution in [1.29, 1.82) is 0 Å². The summed E-state index contributed by atoms with van der Waals surface area (Å²) in [5.74, 6) is 0.532. The second-order valence-electron chi connectivity index (χ2n) is 5.22. The summed E-state index contributed by atoms with van der Waals surface area (Å²) in [6.45, 7) is 2.44. The Morgan fingerprint density at radius 2 is 1.85 bits per heavy atom. The van der Waals surface area contributed by atoms with Crippen LogP contribution >= 0.6 is 0 Å². The first-order valence-electron chi connectivity index (χ1n) is 7.08. The van der Waals surface area contributed by atoms with Crippen molar-refractivity contribution in [1.82, 2.24) is 10.6 Å². The van der Waals surface area contributed by atoms with E-state index in [4.69, 9.17) is 4.74 Å². The fraction of sp³-hybridized carbons (Fsp3) is 0.923. The minimum atomic E-state index is -4.24.